The van der Waals surface area contributed by atoms with Gasteiger partial charge in [-0.1, -0.05) is 38.5 Å². The van der Waals surface area contributed by atoms with E-state index in [2.05, 4.69) is 13.0 Å². The maximum absolute atomic E-state index is 5.96. The van der Waals surface area contributed by atoms with Crippen LogP contribution < -0.4 is 5.50 Å². The van der Waals surface area contributed by atoms with Gasteiger partial charge in [-0.25, -0.2) is 0 Å². The summed E-state index contributed by atoms with van der Waals surface area (Å²) in [5.74, 6) is 0. The van der Waals surface area contributed by atoms with Crippen molar-refractivity contribution in [1.82, 2.24) is 0 Å². The zero-order valence-electron chi connectivity index (χ0n) is 12.2. The van der Waals surface area contributed by atoms with Gasteiger partial charge in [-0.15, -0.1) is 0 Å². The highest BCUT2D eigenvalue weighted by Gasteiger charge is 2.34. The third-order valence-corrected chi connectivity index (χ3v) is 8.26. The van der Waals surface area contributed by atoms with Gasteiger partial charge in [0.15, 0.2) is 0 Å². The van der Waals surface area contributed by atoms with E-state index >= 15 is 0 Å². The second kappa shape index (κ2) is 6.44. The van der Waals surface area contributed by atoms with Crippen LogP contribution in [0, 0.1) is 6.92 Å². The van der Waals surface area contributed by atoms with Crippen molar-refractivity contribution in [2.45, 2.75) is 82.4 Å². The molecule has 106 valence electrons. The molecule has 0 radical (unpaired) electrons. The van der Waals surface area contributed by atoms with E-state index < -0.39 is 0 Å². The molecule has 0 atom stereocenters. The van der Waals surface area contributed by atoms with Gasteiger partial charge < -0.3 is 4.42 Å². The van der Waals surface area contributed by atoms with Gasteiger partial charge in [0.05, 0.1) is 6.26 Å². The van der Waals surface area contributed by atoms with E-state index in [1.54, 1.807) is 0 Å². The predicted molar refractivity (Wildman–Crippen MR) is 83.7 cm³/mol. The standard InChI is InChI=1S/C17H27OP/c1-14-12-17(18-13-14)19(15-8-4-2-5-9-15)16-10-6-3-7-11-16/h12-13,15-16H,2-11H2,1H3. The van der Waals surface area contributed by atoms with Gasteiger partial charge in [0.2, 0.25) is 0 Å². The molecule has 0 aromatic carbocycles. The Bertz CT molecular complexity index is 368. The molecule has 1 heterocycles. The Morgan fingerprint density at radius 2 is 1.42 bits per heavy atom. The van der Waals surface area contributed by atoms with Crippen LogP contribution in [0.1, 0.15) is 69.8 Å². The Kier molecular flexibility index (Phi) is 4.64. The average Bonchev–Trinajstić information content (AvgIpc) is 2.88. The van der Waals surface area contributed by atoms with Crippen LogP contribution in [-0.2, 0) is 0 Å². The fourth-order valence-electron chi connectivity index (χ4n) is 3.93. The lowest BCUT2D eigenvalue weighted by atomic mass is 9.99. The molecule has 0 N–H and O–H groups in total. The van der Waals surface area contributed by atoms with Crippen LogP contribution in [0.25, 0.3) is 0 Å². The molecule has 2 saturated carbocycles. The molecule has 0 unspecified atom stereocenters. The summed E-state index contributed by atoms with van der Waals surface area (Å²) < 4.78 is 5.96. The Morgan fingerprint density at radius 3 is 1.84 bits per heavy atom. The third kappa shape index (κ3) is 3.24. The van der Waals surface area contributed by atoms with Crippen molar-refractivity contribution in [2.75, 3.05) is 0 Å². The second-order valence-corrected chi connectivity index (χ2v) is 9.17. The van der Waals surface area contributed by atoms with Gasteiger partial charge in [-0.2, -0.15) is 0 Å². The molecule has 19 heavy (non-hydrogen) atoms. The average molecular weight is 278 g/mol. The highest BCUT2D eigenvalue weighted by atomic mass is 31.1. The molecule has 0 amide bonds. The quantitative estimate of drug-likeness (QED) is 0.678. The number of furan rings is 1. The fraction of sp³-hybridized carbons (Fsp3) is 0.765. The SMILES string of the molecule is Cc1coc(P(C2CCCCC2)C2CCCCC2)c1. The second-order valence-electron chi connectivity index (χ2n) is 6.45. The van der Waals surface area contributed by atoms with E-state index in [0.29, 0.717) is 0 Å². The van der Waals surface area contributed by atoms with E-state index in [9.17, 15) is 0 Å². The van der Waals surface area contributed by atoms with Crippen LogP contribution >= 0.6 is 7.92 Å². The predicted octanol–water partition coefficient (Wildman–Crippen LogP) is 5.36. The highest BCUT2D eigenvalue weighted by molar-refractivity contribution is 7.66. The van der Waals surface area contributed by atoms with E-state index in [-0.39, 0.29) is 7.92 Å². The zero-order chi connectivity index (χ0) is 13.1. The summed E-state index contributed by atoms with van der Waals surface area (Å²) in [4.78, 5) is 0. The molecule has 2 fully saturated rings. The fourth-order valence-corrected chi connectivity index (χ4v) is 7.61. The van der Waals surface area contributed by atoms with Crippen molar-refractivity contribution in [3.63, 3.8) is 0 Å². The maximum Gasteiger partial charge on any atom is 0.126 e. The molecule has 0 spiro atoms. The maximum atomic E-state index is 5.96. The van der Waals surface area contributed by atoms with Crippen LogP contribution in [0.5, 0.6) is 0 Å². The van der Waals surface area contributed by atoms with Crippen LogP contribution in [0.15, 0.2) is 16.7 Å². The lowest BCUT2D eigenvalue weighted by Gasteiger charge is -2.37. The largest absolute Gasteiger partial charge is 0.464 e. The Labute approximate surface area is 118 Å². The molecular formula is C17H27OP. The Balaban J connectivity index is 1.81. The summed E-state index contributed by atoms with van der Waals surface area (Å²) in [6.07, 6.45) is 16.5. The smallest absolute Gasteiger partial charge is 0.126 e. The van der Waals surface area contributed by atoms with E-state index in [1.807, 2.05) is 6.26 Å². The molecule has 3 rings (SSSR count). The molecule has 1 nitrogen and oxygen atoms in total. The molecular weight excluding hydrogens is 251 g/mol. The number of aryl methyl sites for hydroxylation is 1. The van der Waals surface area contributed by atoms with Crippen LogP contribution in [-0.4, -0.2) is 11.3 Å². The number of rotatable bonds is 3. The van der Waals surface area contributed by atoms with Gasteiger partial charge in [0, 0.05) is 0 Å². The van der Waals surface area contributed by atoms with Crippen LogP contribution in [0.3, 0.4) is 0 Å². The van der Waals surface area contributed by atoms with Gasteiger partial charge >= 0.3 is 0 Å². The van der Waals surface area contributed by atoms with Crippen molar-refractivity contribution in [1.29, 1.82) is 0 Å². The summed E-state index contributed by atoms with van der Waals surface area (Å²) >= 11 is 0. The van der Waals surface area contributed by atoms with Gasteiger partial charge in [0.1, 0.15) is 5.50 Å². The summed E-state index contributed by atoms with van der Waals surface area (Å²) in [7, 11) is -0.0379. The first-order chi connectivity index (χ1) is 9.34. The zero-order valence-corrected chi connectivity index (χ0v) is 13.1. The summed E-state index contributed by atoms with van der Waals surface area (Å²) in [5, 5.41) is 0. The van der Waals surface area contributed by atoms with Crippen molar-refractivity contribution in [2.24, 2.45) is 0 Å². The molecule has 0 bridgehead atoms. The lowest BCUT2D eigenvalue weighted by molar-refractivity contribution is 0.483. The van der Waals surface area contributed by atoms with E-state index in [4.69, 9.17) is 4.42 Å². The van der Waals surface area contributed by atoms with Crippen molar-refractivity contribution < 1.29 is 4.42 Å². The molecule has 2 aliphatic carbocycles. The first kappa shape index (κ1) is 13.7. The van der Waals surface area contributed by atoms with Crippen molar-refractivity contribution >= 4 is 13.4 Å². The minimum absolute atomic E-state index is 0.0379. The molecule has 2 aliphatic rings. The highest BCUT2D eigenvalue weighted by Crippen LogP contribution is 2.54. The van der Waals surface area contributed by atoms with Crippen LogP contribution in [0.4, 0.5) is 0 Å². The summed E-state index contributed by atoms with van der Waals surface area (Å²) in [6, 6.07) is 2.34. The van der Waals surface area contributed by atoms with E-state index in [1.165, 1.54) is 75.3 Å². The molecule has 2 heteroatoms. The third-order valence-electron chi connectivity index (χ3n) is 4.91. The van der Waals surface area contributed by atoms with Crippen molar-refractivity contribution in [3.05, 3.63) is 17.9 Å². The first-order valence-electron chi connectivity index (χ1n) is 8.18. The first-order valence-corrected chi connectivity index (χ1v) is 9.66. The van der Waals surface area contributed by atoms with Crippen LogP contribution in [0.2, 0.25) is 0 Å². The topological polar surface area (TPSA) is 13.1 Å². The molecule has 0 aliphatic heterocycles. The summed E-state index contributed by atoms with van der Waals surface area (Å²) in [6.45, 7) is 2.17. The number of hydrogen-bond donors (Lipinski definition) is 0. The minimum atomic E-state index is -0.0379. The monoisotopic (exact) mass is 278 g/mol. The molecule has 1 aromatic heterocycles. The lowest BCUT2D eigenvalue weighted by Crippen LogP contribution is -2.25. The van der Waals surface area contributed by atoms with Gasteiger partial charge in [-0.3, -0.25) is 0 Å². The Hall–Kier alpha value is -0.290. The number of hydrogen-bond acceptors (Lipinski definition) is 1. The minimum Gasteiger partial charge on any atom is -0.464 e. The van der Waals surface area contributed by atoms with E-state index in [0.717, 1.165) is 11.3 Å². The molecule has 0 saturated heterocycles. The van der Waals surface area contributed by atoms with Crippen molar-refractivity contribution in [3.8, 4) is 0 Å². The Morgan fingerprint density at radius 1 is 0.895 bits per heavy atom. The van der Waals surface area contributed by atoms with Gasteiger partial charge in [-0.05, 0) is 63.5 Å². The molecule has 1 aromatic rings. The summed E-state index contributed by atoms with van der Waals surface area (Å²) in [5.41, 5.74) is 4.59. The van der Waals surface area contributed by atoms with Gasteiger partial charge in [0.25, 0.3) is 0 Å². The normalized spacial score (nSPS) is 23.1.